The minimum atomic E-state index is -0.117. The number of carbonyl (C=O) groups excluding carboxylic acids is 1. The molecule has 0 unspecified atom stereocenters. The number of halogens is 1. The van der Waals surface area contributed by atoms with Crippen LogP contribution in [0.5, 0.6) is 0 Å². The van der Waals surface area contributed by atoms with E-state index in [-0.39, 0.29) is 5.91 Å². The van der Waals surface area contributed by atoms with E-state index in [1.807, 2.05) is 72.8 Å². The number of amides is 1. The lowest BCUT2D eigenvalue weighted by atomic mass is 10.0. The smallest absolute Gasteiger partial charge is 0.260 e. The fourth-order valence-corrected chi connectivity index (χ4v) is 4.89. The average Bonchev–Trinajstić information content (AvgIpc) is 3.47. The van der Waals surface area contributed by atoms with Crippen LogP contribution in [0.3, 0.4) is 0 Å². The van der Waals surface area contributed by atoms with E-state index < -0.39 is 0 Å². The third-order valence-corrected chi connectivity index (χ3v) is 6.48. The van der Waals surface area contributed by atoms with Gasteiger partial charge in [0.05, 0.1) is 23.0 Å². The predicted octanol–water partition coefficient (Wildman–Crippen LogP) is 7.17. The number of rotatable bonds is 5. The van der Waals surface area contributed by atoms with E-state index in [0.29, 0.717) is 23.0 Å². The molecule has 2 heterocycles. The van der Waals surface area contributed by atoms with Gasteiger partial charge in [0.1, 0.15) is 5.76 Å². The molecule has 6 heteroatoms. The first-order chi connectivity index (χ1) is 15.2. The van der Waals surface area contributed by atoms with E-state index >= 15 is 0 Å². The standard InChI is InChI=1S/C25H17BrN2O2S/c26-20-12-13-22-23(15-20)31-25(27-22)28(16-21-7-4-14-30-21)24(29)19-10-8-18(9-11-19)17-5-2-1-3-6-17/h1-15H,16H2. The van der Waals surface area contributed by atoms with Crippen LogP contribution in [0, 0.1) is 0 Å². The topological polar surface area (TPSA) is 46.3 Å². The number of thiazole rings is 1. The number of hydrogen-bond donors (Lipinski definition) is 0. The van der Waals surface area contributed by atoms with Gasteiger partial charge in [-0.05, 0) is 53.6 Å². The van der Waals surface area contributed by atoms with E-state index in [1.54, 1.807) is 11.2 Å². The summed E-state index contributed by atoms with van der Waals surface area (Å²) in [5, 5.41) is 0.640. The molecule has 0 bridgehead atoms. The molecular weight excluding hydrogens is 472 g/mol. The van der Waals surface area contributed by atoms with Crippen molar-refractivity contribution in [1.29, 1.82) is 0 Å². The Bertz CT molecular complexity index is 1330. The van der Waals surface area contributed by atoms with E-state index in [2.05, 4.69) is 28.1 Å². The highest BCUT2D eigenvalue weighted by atomic mass is 79.9. The zero-order valence-corrected chi connectivity index (χ0v) is 18.8. The average molecular weight is 489 g/mol. The SMILES string of the molecule is O=C(c1ccc(-c2ccccc2)cc1)N(Cc1ccco1)c1nc2ccc(Br)cc2s1. The molecule has 0 atom stereocenters. The van der Waals surface area contributed by atoms with Crippen molar-refractivity contribution < 1.29 is 9.21 Å². The number of hydrogen-bond acceptors (Lipinski definition) is 4. The Kier molecular flexibility index (Phi) is 5.40. The van der Waals surface area contributed by atoms with Crippen molar-refractivity contribution >= 4 is 48.5 Å². The maximum absolute atomic E-state index is 13.5. The number of carbonyl (C=O) groups is 1. The highest BCUT2D eigenvalue weighted by Gasteiger charge is 2.23. The molecular formula is C25H17BrN2O2S. The summed E-state index contributed by atoms with van der Waals surface area (Å²) >= 11 is 4.99. The summed E-state index contributed by atoms with van der Waals surface area (Å²) in [6.45, 7) is 0.313. The highest BCUT2D eigenvalue weighted by Crippen LogP contribution is 2.33. The van der Waals surface area contributed by atoms with Crippen molar-refractivity contribution in [3.63, 3.8) is 0 Å². The van der Waals surface area contributed by atoms with Gasteiger partial charge >= 0.3 is 0 Å². The molecule has 2 aromatic heterocycles. The van der Waals surface area contributed by atoms with E-state index in [9.17, 15) is 4.79 Å². The molecule has 0 saturated heterocycles. The summed E-state index contributed by atoms with van der Waals surface area (Å²) in [6, 6.07) is 27.4. The highest BCUT2D eigenvalue weighted by molar-refractivity contribution is 9.10. The molecule has 0 aliphatic carbocycles. The minimum Gasteiger partial charge on any atom is -0.467 e. The van der Waals surface area contributed by atoms with E-state index in [1.165, 1.54) is 11.3 Å². The first-order valence-electron chi connectivity index (χ1n) is 9.73. The van der Waals surface area contributed by atoms with Crippen molar-refractivity contribution in [2.75, 3.05) is 4.90 Å². The minimum absolute atomic E-state index is 0.117. The number of benzene rings is 3. The molecule has 3 aromatic carbocycles. The van der Waals surface area contributed by atoms with Gasteiger partial charge in [-0.1, -0.05) is 69.7 Å². The molecule has 0 spiro atoms. The number of furan rings is 1. The predicted molar refractivity (Wildman–Crippen MR) is 128 cm³/mol. The molecule has 0 fully saturated rings. The van der Waals surface area contributed by atoms with Crippen LogP contribution in [0.15, 0.2) is 100 Å². The summed E-state index contributed by atoms with van der Waals surface area (Å²) in [6.07, 6.45) is 1.61. The molecule has 5 rings (SSSR count). The molecule has 152 valence electrons. The third-order valence-electron chi connectivity index (χ3n) is 4.95. The van der Waals surface area contributed by atoms with Crippen molar-refractivity contribution in [2.45, 2.75) is 6.54 Å². The second kappa shape index (κ2) is 8.49. The Hall–Kier alpha value is -3.22. The maximum atomic E-state index is 13.5. The van der Waals surface area contributed by atoms with Gasteiger partial charge in [0.2, 0.25) is 0 Å². The lowest BCUT2D eigenvalue weighted by molar-refractivity contribution is 0.0983. The van der Waals surface area contributed by atoms with Crippen molar-refractivity contribution in [3.05, 3.63) is 107 Å². The second-order valence-electron chi connectivity index (χ2n) is 7.02. The van der Waals surface area contributed by atoms with Gasteiger partial charge in [0.25, 0.3) is 5.91 Å². The number of nitrogens with zero attached hydrogens (tertiary/aromatic N) is 2. The Balaban J connectivity index is 1.50. The van der Waals surface area contributed by atoms with Gasteiger partial charge in [-0.3, -0.25) is 9.69 Å². The van der Waals surface area contributed by atoms with Gasteiger partial charge in [0, 0.05) is 10.0 Å². The summed E-state index contributed by atoms with van der Waals surface area (Å²) < 4.78 is 7.51. The molecule has 0 aliphatic heterocycles. The third kappa shape index (κ3) is 4.17. The summed E-state index contributed by atoms with van der Waals surface area (Å²) in [5.74, 6) is 0.587. The van der Waals surface area contributed by atoms with Crippen molar-refractivity contribution in [1.82, 2.24) is 4.98 Å². The first-order valence-corrected chi connectivity index (χ1v) is 11.3. The first kappa shape index (κ1) is 19.7. The van der Waals surface area contributed by atoms with Crippen LogP contribution in [0.4, 0.5) is 5.13 Å². The fraction of sp³-hybridized carbons (Fsp3) is 0.0400. The zero-order chi connectivity index (χ0) is 21.2. The van der Waals surface area contributed by atoms with E-state index in [4.69, 9.17) is 9.40 Å². The van der Waals surface area contributed by atoms with Crippen molar-refractivity contribution in [2.24, 2.45) is 0 Å². The summed E-state index contributed by atoms with van der Waals surface area (Å²) in [7, 11) is 0. The molecule has 0 N–H and O–H groups in total. The number of anilines is 1. The van der Waals surface area contributed by atoms with Gasteiger partial charge < -0.3 is 4.42 Å². The lowest BCUT2D eigenvalue weighted by Crippen LogP contribution is -2.30. The number of aromatic nitrogens is 1. The lowest BCUT2D eigenvalue weighted by Gasteiger charge is -2.19. The molecule has 5 aromatic rings. The van der Waals surface area contributed by atoms with Crippen LogP contribution in [-0.2, 0) is 6.54 Å². The monoisotopic (exact) mass is 488 g/mol. The molecule has 0 radical (unpaired) electrons. The van der Waals surface area contributed by atoms with Gasteiger partial charge in [-0.2, -0.15) is 0 Å². The van der Waals surface area contributed by atoms with E-state index in [0.717, 1.165) is 25.8 Å². The zero-order valence-electron chi connectivity index (χ0n) is 16.4. The molecule has 0 saturated carbocycles. The van der Waals surface area contributed by atoms with Gasteiger partial charge in [-0.25, -0.2) is 4.98 Å². The summed E-state index contributed by atoms with van der Waals surface area (Å²) in [4.78, 5) is 19.9. The van der Waals surface area contributed by atoms with Crippen LogP contribution in [-0.4, -0.2) is 10.9 Å². The summed E-state index contributed by atoms with van der Waals surface area (Å²) in [5.41, 5.74) is 3.65. The Morgan fingerprint density at radius 1 is 0.935 bits per heavy atom. The molecule has 4 nitrogen and oxygen atoms in total. The van der Waals surface area contributed by atoms with Gasteiger partial charge in [0.15, 0.2) is 5.13 Å². The Morgan fingerprint density at radius 3 is 2.45 bits per heavy atom. The Morgan fingerprint density at radius 2 is 1.71 bits per heavy atom. The van der Waals surface area contributed by atoms with Gasteiger partial charge in [-0.15, -0.1) is 0 Å². The maximum Gasteiger partial charge on any atom is 0.260 e. The van der Waals surface area contributed by atoms with Crippen LogP contribution in [0.1, 0.15) is 16.1 Å². The van der Waals surface area contributed by atoms with Crippen LogP contribution < -0.4 is 4.90 Å². The fourth-order valence-electron chi connectivity index (χ4n) is 3.38. The largest absolute Gasteiger partial charge is 0.467 e. The van der Waals surface area contributed by atoms with Crippen LogP contribution in [0.2, 0.25) is 0 Å². The normalized spacial score (nSPS) is 11.0. The molecule has 1 amide bonds. The molecule has 0 aliphatic rings. The number of fused-ring (bicyclic) bond motifs is 1. The van der Waals surface area contributed by atoms with Crippen molar-refractivity contribution in [3.8, 4) is 11.1 Å². The molecule has 31 heavy (non-hydrogen) atoms. The second-order valence-corrected chi connectivity index (χ2v) is 8.95. The van der Waals surface area contributed by atoms with Crippen LogP contribution >= 0.6 is 27.3 Å². The Labute approximate surface area is 191 Å². The quantitative estimate of drug-likeness (QED) is 0.263. The van der Waals surface area contributed by atoms with Crippen LogP contribution in [0.25, 0.3) is 21.3 Å².